The van der Waals surface area contributed by atoms with E-state index in [0.29, 0.717) is 10.3 Å². The lowest BCUT2D eigenvalue weighted by atomic mass is 10.3. The Hall–Kier alpha value is -1.69. The second-order valence-corrected chi connectivity index (χ2v) is 5.52. The number of aromatic nitrogens is 2. The molecule has 0 aliphatic carbocycles. The number of benzene rings is 1. The number of halogens is 2. The van der Waals surface area contributed by atoms with Crippen molar-refractivity contribution in [3.63, 3.8) is 0 Å². The lowest BCUT2D eigenvalue weighted by Crippen LogP contribution is -2.08. The van der Waals surface area contributed by atoms with Crippen molar-refractivity contribution in [2.24, 2.45) is 0 Å². The van der Waals surface area contributed by atoms with Crippen molar-refractivity contribution >= 4 is 21.7 Å². The van der Waals surface area contributed by atoms with Crippen LogP contribution in [0.3, 0.4) is 0 Å². The second-order valence-electron chi connectivity index (χ2n) is 4.60. The molecule has 0 aliphatic heterocycles. The van der Waals surface area contributed by atoms with Gasteiger partial charge in [0.2, 0.25) is 0 Å². The fourth-order valence-electron chi connectivity index (χ4n) is 1.77. The van der Waals surface area contributed by atoms with Crippen molar-refractivity contribution in [2.45, 2.75) is 26.9 Å². The van der Waals surface area contributed by atoms with Crippen LogP contribution in [-0.2, 0) is 6.61 Å². The highest BCUT2D eigenvalue weighted by molar-refractivity contribution is 9.10. The maximum absolute atomic E-state index is 13.7. The first-order chi connectivity index (χ1) is 10.1. The van der Waals surface area contributed by atoms with E-state index in [9.17, 15) is 4.39 Å². The number of rotatable bonds is 6. The molecule has 0 saturated heterocycles. The number of hydrogen-bond acceptors (Lipinski definition) is 4. The Morgan fingerprint density at radius 1 is 1.29 bits per heavy atom. The maximum atomic E-state index is 13.7. The summed E-state index contributed by atoms with van der Waals surface area (Å²) in [5.74, 6) is 1.06. The van der Waals surface area contributed by atoms with Crippen molar-refractivity contribution in [1.82, 2.24) is 9.97 Å². The lowest BCUT2D eigenvalue weighted by molar-refractivity contribution is 0.281. The van der Waals surface area contributed by atoms with Crippen LogP contribution in [0, 0.1) is 12.7 Å². The molecule has 0 amide bonds. The summed E-state index contributed by atoms with van der Waals surface area (Å²) in [6, 6.07) is 6.54. The molecule has 0 unspecified atom stereocenters. The summed E-state index contributed by atoms with van der Waals surface area (Å²) in [6.45, 7) is 4.95. The van der Waals surface area contributed by atoms with Gasteiger partial charge >= 0.3 is 0 Å². The molecule has 0 bridgehead atoms. The number of anilines is 1. The zero-order chi connectivity index (χ0) is 15.2. The summed E-state index contributed by atoms with van der Waals surface area (Å²) in [4.78, 5) is 8.65. The van der Waals surface area contributed by atoms with Crippen molar-refractivity contribution < 1.29 is 9.13 Å². The monoisotopic (exact) mass is 353 g/mol. The van der Waals surface area contributed by atoms with Gasteiger partial charge in [-0.15, -0.1) is 0 Å². The van der Waals surface area contributed by atoms with E-state index in [1.54, 1.807) is 12.1 Å². The summed E-state index contributed by atoms with van der Waals surface area (Å²) in [6.07, 6.45) is 1.01. The minimum absolute atomic E-state index is 0.126. The largest absolute Gasteiger partial charge is 0.483 e. The van der Waals surface area contributed by atoms with E-state index in [1.807, 2.05) is 13.0 Å². The third-order valence-corrected chi connectivity index (χ3v) is 3.20. The Balaban J connectivity index is 2.07. The highest BCUT2D eigenvalue weighted by atomic mass is 79.9. The van der Waals surface area contributed by atoms with E-state index >= 15 is 0 Å². The van der Waals surface area contributed by atoms with E-state index in [2.05, 4.69) is 38.1 Å². The number of ether oxygens (including phenoxy) is 1. The van der Waals surface area contributed by atoms with Crippen LogP contribution in [-0.4, -0.2) is 16.5 Å². The first kappa shape index (κ1) is 15.7. The number of aryl methyl sites for hydroxylation is 1. The average Bonchev–Trinajstić information content (AvgIpc) is 2.43. The second kappa shape index (κ2) is 7.36. The molecule has 4 nitrogen and oxygen atoms in total. The molecule has 21 heavy (non-hydrogen) atoms. The van der Waals surface area contributed by atoms with E-state index < -0.39 is 5.82 Å². The van der Waals surface area contributed by atoms with Crippen LogP contribution in [0.5, 0.6) is 5.75 Å². The number of nitrogens with zero attached hydrogens (tertiary/aromatic N) is 2. The summed E-state index contributed by atoms with van der Waals surface area (Å²) in [7, 11) is 0. The predicted octanol–water partition coefficient (Wildman–Crippen LogP) is 4.09. The third kappa shape index (κ3) is 4.67. The van der Waals surface area contributed by atoms with Gasteiger partial charge in [-0.05, 0) is 31.5 Å². The first-order valence-corrected chi connectivity index (χ1v) is 7.54. The summed E-state index contributed by atoms with van der Waals surface area (Å²) in [5.41, 5.74) is 0.846. The van der Waals surface area contributed by atoms with Crippen LogP contribution >= 0.6 is 15.9 Å². The van der Waals surface area contributed by atoms with E-state index in [-0.39, 0.29) is 12.4 Å². The van der Waals surface area contributed by atoms with Gasteiger partial charge in [0.05, 0.1) is 0 Å². The molecule has 1 aromatic heterocycles. The Morgan fingerprint density at radius 2 is 2.10 bits per heavy atom. The number of hydrogen-bond donors (Lipinski definition) is 1. The Bertz CT molecular complexity index is 622. The van der Waals surface area contributed by atoms with Gasteiger partial charge in [-0.3, -0.25) is 0 Å². The van der Waals surface area contributed by atoms with Crippen LogP contribution in [0.15, 0.2) is 28.7 Å². The van der Waals surface area contributed by atoms with Crippen LogP contribution in [0.2, 0.25) is 0 Å². The highest BCUT2D eigenvalue weighted by Gasteiger charge is 2.07. The third-order valence-electron chi connectivity index (χ3n) is 2.71. The van der Waals surface area contributed by atoms with E-state index in [4.69, 9.17) is 4.74 Å². The van der Waals surface area contributed by atoms with Crippen molar-refractivity contribution in [2.75, 3.05) is 11.9 Å². The Labute approximate surface area is 131 Å². The minimum atomic E-state index is -0.415. The molecule has 1 aromatic carbocycles. The molecule has 0 spiro atoms. The van der Waals surface area contributed by atoms with Crippen molar-refractivity contribution in [3.8, 4) is 5.75 Å². The minimum Gasteiger partial charge on any atom is -0.483 e. The van der Waals surface area contributed by atoms with E-state index in [0.717, 1.165) is 24.5 Å². The normalized spacial score (nSPS) is 10.5. The molecular formula is C15H17BrFN3O. The van der Waals surface area contributed by atoms with Gasteiger partial charge in [-0.2, -0.15) is 0 Å². The van der Waals surface area contributed by atoms with Gasteiger partial charge in [0.25, 0.3) is 0 Å². The van der Waals surface area contributed by atoms with Crippen LogP contribution in [0.1, 0.15) is 24.9 Å². The molecule has 1 heterocycles. The molecule has 6 heteroatoms. The van der Waals surface area contributed by atoms with Crippen LogP contribution in [0.25, 0.3) is 0 Å². The maximum Gasteiger partial charge on any atom is 0.168 e. The van der Waals surface area contributed by atoms with Gasteiger partial charge in [0.1, 0.15) is 12.4 Å². The van der Waals surface area contributed by atoms with Gasteiger partial charge in [0, 0.05) is 22.8 Å². The molecule has 0 aliphatic rings. The van der Waals surface area contributed by atoms with Gasteiger partial charge in [0.15, 0.2) is 17.4 Å². The summed E-state index contributed by atoms with van der Waals surface area (Å²) in [5, 5.41) is 3.21. The quantitative estimate of drug-likeness (QED) is 0.849. The summed E-state index contributed by atoms with van der Waals surface area (Å²) >= 11 is 3.21. The van der Waals surface area contributed by atoms with Crippen molar-refractivity contribution in [3.05, 3.63) is 46.1 Å². The fraction of sp³-hybridized carbons (Fsp3) is 0.333. The zero-order valence-corrected chi connectivity index (χ0v) is 13.6. The van der Waals surface area contributed by atoms with Crippen LogP contribution in [0.4, 0.5) is 10.2 Å². The predicted molar refractivity (Wildman–Crippen MR) is 84.0 cm³/mol. The Morgan fingerprint density at radius 3 is 2.81 bits per heavy atom. The molecule has 0 saturated carbocycles. The van der Waals surface area contributed by atoms with E-state index in [1.165, 1.54) is 6.07 Å². The molecule has 0 radical (unpaired) electrons. The van der Waals surface area contributed by atoms with Gasteiger partial charge < -0.3 is 10.1 Å². The summed E-state index contributed by atoms with van der Waals surface area (Å²) < 4.78 is 19.8. The molecular weight excluding hydrogens is 337 g/mol. The van der Waals surface area contributed by atoms with Gasteiger partial charge in [-0.1, -0.05) is 22.9 Å². The van der Waals surface area contributed by atoms with Gasteiger partial charge in [-0.25, -0.2) is 14.4 Å². The fourth-order valence-corrected chi connectivity index (χ4v) is 2.11. The number of nitrogens with one attached hydrogen (secondary N) is 1. The van der Waals surface area contributed by atoms with Crippen molar-refractivity contribution in [1.29, 1.82) is 0 Å². The first-order valence-electron chi connectivity index (χ1n) is 6.74. The molecule has 1 N–H and O–H groups in total. The van der Waals surface area contributed by atoms with Crippen LogP contribution < -0.4 is 10.1 Å². The average molecular weight is 354 g/mol. The topological polar surface area (TPSA) is 47.0 Å². The standard InChI is InChI=1S/C15H17BrFN3O/c1-3-6-18-14-7-10(2)19-15(20-14)9-21-13-5-4-11(16)8-12(13)17/h4-5,7-8H,3,6,9H2,1-2H3,(H,18,19,20). The molecule has 2 aromatic rings. The Kier molecular flexibility index (Phi) is 5.50. The molecule has 0 fully saturated rings. The highest BCUT2D eigenvalue weighted by Crippen LogP contribution is 2.22. The molecule has 112 valence electrons. The molecule has 0 atom stereocenters. The lowest BCUT2D eigenvalue weighted by Gasteiger charge is -2.09. The smallest absolute Gasteiger partial charge is 0.168 e. The zero-order valence-electron chi connectivity index (χ0n) is 12.0. The SMILES string of the molecule is CCCNc1cc(C)nc(COc2ccc(Br)cc2F)n1. The molecule has 2 rings (SSSR count).